The third-order valence-electron chi connectivity index (χ3n) is 11.3. The van der Waals surface area contributed by atoms with Gasteiger partial charge in [0.15, 0.2) is 37.7 Å². The molecule has 3 heterocycles. The van der Waals surface area contributed by atoms with Crippen LogP contribution in [0.4, 0.5) is 16.2 Å². The number of aromatic nitrogens is 4. The summed E-state index contributed by atoms with van der Waals surface area (Å²) in [5, 5.41) is 17.0. The number of alkyl halides is 1. The van der Waals surface area contributed by atoms with Crippen molar-refractivity contribution in [1.82, 2.24) is 19.5 Å². The summed E-state index contributed by atoms with van der Waals surface area (Å²) in [6, 6.07) is 24.8. The van der Waals surface area contributed by atoms with Gasteiger partial charge in [-0.3, -0.25) is 14.7 Å². The fourth-order valence-corrected chi connectivity index (χ4v) is 8.20. The summed E-state index contributed by atoms with van der Waals surface area (Å²) in [4.78, 5) is 26.3. The van der Waals surface area contributed by atoms with Gasteiger partial charge in [0.25, 0.3) is 0 Å². The zero-order valence-corrected chi connectivity index (χ0v) is 35.9. The lowest BCUT2D eigenvalue weighted by atomic mass is 9.79. The number of benzene rings is 3. The Morgan fingerprint density at radius 1 is 0.948 bits per heavy atom. The van der Waals surface area contributed by atoms with Gasteiger partial charge in [-0.05, 0) is 59.1 Å². The maximum Gasteiger partial charge on any atom is 0.233 e. The molecule has 2 aromatic heterocycles. The summed E-state index contributed by atoms with van der Waals surface area (Å²) < 4.78 is 51.2. The summed E-state index contributed by atoms with van der Waals surface area (Å²) in [6.07, 6.45) is -3.09. The third kappa shape index (κ3) is 7.93. The maximum absolute atomic E-state index is 17.7. The molecule has 4 atom stereocenters. The van der Waals surface area contributed by atoms with Crippen molar-refractivity contribution in [3.8, 4) is 11.5 Å². The predicted molar refractivity (Wildman–Crippen MR) is 224 cm³/mol. The molecule has 1 aliphatic rings. The van der Waals surface area contributed by atoms with Crippen molar-refractivity contribution >= 4 is 37.2 Å². The van der Waals surface area contributed by atoms with Crippen LogP contribution in [0.2, 0.25) is 18.1 Å². The van der Waals surface area contributed by atoms with Crippen LogP contribution < -0.4 is 20.1 Å². The molecule has 310 valence electrons. The minimum Gasteiger partial charge on any atom is -0.497 e. The van der Waals surface area contributed by atoms with Crippen LogP contribution in [0.1, 0.15) is 57.5 Å². The van der Waals surface area contributed by atoms with Crippen molar-refractivity contribution in [2.45, 2.75) is 82.5 Å². The maximum atomic E-state index is 17.7. The number of halogens is 1. The van der Waals surface area contributed by atoms with Crippen molar-refractivity contribution < 1.29 is 37.7 Å². The van der Waals surface area contributed by atoms with Gasteiger partial charge in [-0.2, -0.15) is 9.97 Å². The van der Waals surface area contributed by atoms with Crippen LogP contribution in [0.25, 0.3) is 11.2 Å². The van der Waals surface area contributed by atoms with Crippen molar-refractivity contribution in [3.63, 3.8) is 0 Å². The SMILES string of the molecule is CNc1nc(NC(=O)C(C)C)nc2c1ncn2[C@@H]1O[C@@](CO)(COC(c2ccccc2)(c2ccc(OC)cc2)c2ccc(OC)cc2)[C@@H](O[Si](C)(C)C(C)(C)C)[C@H]1F. The third-order valence-corrected chi connectivity index (χ3v) is 15.8. The van der Waals surface area contributed by atoms with E-state index in [0.717, 1.165) is 16.7 Å². The Kier molecular flexibility index (Phi) is 12.3. The highest BCUT2D eigenvalue weighted by Gasteiger charge is 2.61. The Bertz CT molecular complexity index is 2130. The van der Waals surface area contributed by atoms with Gasteiger partial charge >= 0.3 is 0 Å². The van der Waals surface area contributed by atoms with Crippen molar-refractivity contribution in [1.29, 1.82) is 0 Å². The summed E-state index contributed by atoms with van der Waals surface area (Å²) in [5.74, 6) is 1.02. The van der Waals surface area contributed by atoms with E-state index >= 15 is 4.39 Å². The zero-order valence-electron chi connectivity index (χ0n) is 34.9. The van der Waals surface area contributed by atoms with E-state index in [1.807, 2.05) is 92.0 Å². The Balaban J connectivity index is 1.52. The first-order valence-electron chi connectivity index (χ1n) is 19.4. The number of methoxy groups -OCH3 is 2. The first-order chi connectivity index (χ1) is 27.5. The van der Waals surface area contributed by atoms with Crippen LogP contribution in [0.5, 0.6) is 11.5 Å². The minimum absolute atomic E-state index is 0.0168. The lowest BCUT2D eigenvalue weighted by Gasteiger charge is -2.44. The minimum atomic E-state index is -2.75. The average molecular weight is 815 g/mol. The van der Waals surface area contributed by atoms with Crippen molar-refractivity contribution in [3.05, 3.63) is 102 Å². The molecule has 58 heavy (non-hydrogen) atoms. The molecule has 0 bridgehead atoms. The number of hydrogen-bond acceptors (Lipinski definition) is 11. The molecule has 6 rings (SSSR count). The predicted octanol–water partition coefficient (Wildman–Crippen LogP) is 7.48. The lowest BCUT2D eigenvalue weighted by molar-refractivity contribution is -0.175. The van der Waals surface area contributed by atoms with E-state index in [0.29, 0.717) is 22.8 Å². The molecule has 0 radical (unpaired) electrons. The normalized spacial score (nSPS) is 20.1. The summed E-state index contributed by atoms with van der Waals surface area (Å²) in [7, 11) is 2.13. The molecule has 1 aliphatic heterocycles. The van der Waals surface area contributed by atoms with Crippen LogP contribution in [0, 0.1) is 5.92 Å². The monoisotopic (exact) mass is 814 g/mol. The number of hydrogen-bond donors (Lipinski definition) is 3. The molecule has 13 nitrogen and oxygen atoms in total. The summed E-state index contributed by atoms with van der Waals surface area (Å²) in [6.45, 7) is 12.8. The number of aliphatic hydroxyl groups excluding tert-OH is 1. The number of imidazole rings is 1. The number of ether oxygens (including phenoxy) is 4. The van der Waals surface area contributed by atoms with Gasteiger partial charge in [0.05, 0.1) is 33.8 Å². The zero-order chi connectivity index (χ0) is 42.0. The van der Waals surface area contributed by atoms with Crippen LogP contribution in [0.3, 0.4) is 0 Å². The first-order valence-corrected chi connectivity index (χ1v) is 22.3. The van der Waals surface area contributed by atoms with Crippen molar-refractivity contribution in [2.75, 3.05) is 45.1 Å². The van der Waals surface area contributed by atoms with Gasteiger partial charge in [-0.1, -0.05) is 89.2 Å². The highest BCUT2D eigenvalue weighted by molar-refractivity contribution is 6.74. The van der Waals surface area contributed by atoms with Crippen LogP contribution in [-0.4, -0.2) is 91.2 Å². The Hall–Kier alpha value is -4.93. The Morgan fingerprint density at radius 3 is 2.02 bits per heavy atom. The molecule has 3 N–H and O–H groups in total. The number of rotatable bonds is 15. The molecular weight excluding hydrogens is 760 g/mol. The molecule has 5 aromatic rings. The van der Waals surface area contributed by atoms with Crippen molar-refractivity contribution in [2.24, 2.45) is 5.92 Å². The standard InChI is InChI=1S/C43H55FN6O7Si/c1-27(2)38(52)49-40-47-36(45-6)34-37(48-40)50(26-46-34)39-33(44)35(57-58(9,10)41(3,4)5)42(24-51,56-39)25-55-43(28-14-12-11-13-15-28,29-16-20-31(53-7)21-17-29)30-18-22-32(54-8)23-19-30/h11-23,26-27,33,35,39,51H,24-25H2,1-10H3,(H2,45,47,48,49,52)/t33-,35+,39-,42+/m1/s1. The largest absolute Gasteiger partial charge is 0.497 e. The van der Waals surface area contributed by atoms with Crippen LogP contribution in [-0.2, 0) is 24.3 Å². The number of amides is 1. The molecule has 3 aromatic carbocycles. The second kappa shape index (κ2) is 16.7. The van der Waals surface area contributed by atoms with Gasteiger partial charge in [-0.25, -0.2) is 9.37 Å². The molecule has 1 amide bonds. The average Bonchev–Trinajstić information content (AvgIpc) is 3.76. The second-order valence-corrected chi connectivity index (χ2v) is 21.1. The number of carbonyl (C=O) groups is 1. The molecule has 0 unspecified atom stereocenters. The Morgan fingerprint density at radius 2 is 1.52 bits per heavy atom. The molecule has 1 fully saturated rings. The van der Waals surface area contributed by atoms with E-state index < -0.39 is 44.6 Å². The highest BCUT2D eigenvalue weighted by Crippen LogP contribution is 2.49. The number of fused-ring (bicyclic) bond motifs is 1. The molecule has 0 aliphatic carbocycles. The van der Waals surface area contributed by atoms with E-state index in [-0.39, 0.29) is 35.1 Å². The van der Waals surface area contributed by atoms with Gasteiger partial charge in [0.1, 0.15) is 28.8 Å². The molecule has 0 spiro atoms. The second-order valence-electron chi connectivity index (χ2n) is 16.4. The molecule has 0 saturated carbocycles. The number of nitrogens with one attached hydrogen (secondary N) is 2. The lowest BCUT2D eigenvalue weighted by Crippen LogP contribution is -2.57. The van der Waals surface area contributed by atoms with Gasteiger partial charge in [0.2, 0.25) is 11.9 Å². The fraction of sp³-hybridized carbons (Fsp3) is 0.442. The van der Waals surface area contributed by atoms with E-state index in [1.54, 1.807) is 35.1 Å². The summed E-state index contributed by atoms with van der Waals surface area (Å²) in [5.41, 5.74) is -0.235. The topological polar surface area (TPSA) is 151 Å². The van der Waals surface area contributed by atoms with Crippen LogP contribution in [0.15, 0.2) is 85.2 Å². The smallest absolute Gasteiger partial charge is 0.233 e. The number of anilines is 2. The first kappa shape index (κ1) is 42.7. The number of carbonyl (C=O) groups excluding carboxylic acids is 1. The number of nitrogens with zero attached hydrogens (tertiary/aromatic N) is 4. The highest BCUT2D eigenvalue weighted by atomic mass is 28.4. The van der Waals surface area contributed by atoms with E-state index in [2.05, 4.69) is 46.4 Å². The summed E-state index contributed by atoms with van der Waals surface area (Å²) >= 11 is 0. The van der Waals surface area contributed by atoms with E-state index in [4.69, 9.17) is 23.4 Å². The van der Waals surface area contributed by atoms with E-state index in [9.17, 15) is 9.90 Å². The molecular formula is C43H55FN6O7Si. The molecule has 1 saturated heterocycles. The van der Waals surface area contributed by atoms with Gasteiger partial charge < -0.3 is 33.8 Å². The Labute approximate surface area is 340 Å². The molecule has 15 heteroatoms. The quantitative estimate of drug-likeness (QED) is 0.0713. The van der Waals surface area contributed by atoms with Gasteiger partial charge in [-0.15, -0.1) is 0 Å². The van der Waals surface area contributed by atoms with E-state index in [1.165, 1.54) is 10.9 Å². The fourth-order valence-electron chi connectivity index (χ4n) is 6.87. The van der Waals surface area contributed by atoms with Gasteiger partial charge in [0, 0.05) is 13.0 Å². The van der Waals surface area contributed by atoms with Crippen LogP contribution >= 0.6 is 0 Å². The number of aliphatic hydroxyl groups is 1.